The van der Waals surface area contributed by atoms with Crippen molar-refractivity contribution in [2.45, 2.75) is 32.4 Å². The zero-order chi connectivity index (χ0) is 26.2. The van der Waals surface area contributed by atoms with Crippen LogP contribution in [0.2, 0.25) is 0 Å². The molecule has 5 rings (SSSR count). The van der Waals surface area contributed by atoms with E-state index in [1.807, 2.05) is 23.4 Å². The van der Waals surface area contributed by atoms with E-state index in [9.17, 15) is 9.18 Å². The Balaban J connectivity index is 1.03. The number of ether oxygens (including phenoxy) is 1. The molecular weight excluding hydrogens is 479 g/mol. The lowest BCUT2D eigenvalue weighted by Crippen LogP contribution is -2.45. The number of rotatable bonds is 9. The highest BCUT2D eigenvalue weighted by Gasteiger charge is 2.24. The number of aromatic nitrogens is 1. The van der Waals surface area contributed by atoms with Crippen LogP contribution in [0.4, 0.5) is 4.39 Å². The van der Waals surface area contributed by atoms with Gasteiger partial charge in [0.2, 0.25) is 5.91 Å². The highest BCUT2D eigenvalue weighted by molar-refractivity contribution is 5.78. The maximum absolute atomic E-state index is 13.1. The standard InChI is InChI=1S/C31H37FN4O2/c32-29-9-5-25(6-10-29)19-31(37)36-14-2-4-28(23-36)24-38-30-11-7-26(8-12-30)21-34-15-17-35(18-16-34)22-27-3-1-13-33-20-27/h1,3,5-13,20,28H,2,4,14-19,21-24H2. The fourth-order valence-electron chi connectivity index (χ4n) is 5.34. The summed E-state index contributed by atoms with van der Waals surface area (Å²) in [6.07, 6.45) is 6.14. The minimum absolute atomic E-state index is 0.101. The van der Waals surface area contributed by atoms with E-state index in [1.54, 1.807) is 12.1 Å². The van der Waals surface area contributed by atoms with Crippen molar-refractivity contribution in [3.05, 3.63) is 95.6 Å². The number of benzene rings is 2. The van der Waals surface area contributed by atoms with Crippen LogP contribution in [0, 0.1) is 11.7 Å². The van der Waals surface area contributed by atoms with Gasteiger partial charge in [0, 0.05) is 70.7 Å². The van der Waals surface area contributed by atoms with Crippen LogP contribution in [-0.4, -0.2) is 71.5 Å². The molecule has 3 heterocycles. The summed E-state index contributed by atoms with van der Waals surface area (Å²) in [5.41, 5.74) is 3.42. The predicted octanol–water partition coefficient (Wildman–Crippen LogP) is 4.40. The second-order valence-electron chi connectivity index (χ2n) is 10.5. The molecule has 6 nitrogen and oxygen atoms in total. The number of piperidine rings is 1. The van der Waals surface area contributed by atoms with E-state index in [0.29, 0.717) is 25.5 Å². The van der Waals surface area contributed by atoms with E-state index in [-0.39, 0.29) is 11.7 Å². The molecule has 1 amide bonds. The van der Waals surface area contributed by atoms with E-state index in [0.717, 1.165) is 70.0 Å². The zero-order valence-corrected chi connectivity index (χ0v) is 22.0. The number of carbonyl (C=O) groups excluding carboxylic acids is 1. The molecule has 0 radical (unpaired) electrons. The molecule has 2 aliphatic rings. The van der Waals surface area contributed by atoms with Gasteiger partial charge < -0.3 is 9.64 Å². The summed E-state index contributed by atoms with van der Waals surface area (Å²) in [5.74, 6) is 1.02. The third-order valence-corrected chi connectivity index (χ3v) is 7.55. The molecule has 2 fully saturated rings. The first-order valence-electron chi connectivity index (χ1n) is 13.7. The zero-order valence-electron chi connectivity index (χ0n) is 22.0. The number of nitrogens with zero attached hydrogens (tertiary/aromatic N) is 4. The van der Waals surface area contributed by atoms with Crippen molar-refractivity contribution in [1.82, 2.24) is 19.7 Å². The second kappa shape index (κ2) is 13.0. The van der Waals surface area contributed by atoms with E-state index in [2.05, 4.69) is 45.1 Å². The molecule has 1 aromatic heterocycles. The smallest absolute Gasteiger partial charge is 0.227 e. The summed E-state index contributed by atoms with van der Waals surface area (Å²) in [6.45, 7) is 8.30. The lowest BCUT2D eigenvalue weighted by molar-refractivity contribution is -0.132. The van der Waals surface area contributed by atoms with Gasteiger partial charge in [-0.15, -0.1) is 0 Å². The average Bonchev–Trinajstić information content (AvgIpc) is 2.96. The summed E-state index contributed by atoms with van der Waals surface area (Å²) in [7, 11) is 0. The van der Waals surface area contributed by atoms with Gasteiger partial charge >= 0.3 is 0 Å². The van der Waals surface area contributed by atoms with Crippen molar-refractivity contribution in [2.75, 3.05) is 45.9 Å². The summed E-state index contributed by atoms with van der Waals surface area (Å²) in [6, 6.07) is 18.8. The third kappa shape index (κ3) is 7.62. The van der Waals surface area contributed by atoms with Gasteiger partial charge in [-0.2, -0.15) is 0 Å². The summed E-state index contributed by atoms with van der Waals surface area (Å²) in [5, 5.41) is 0. The van der Waals surface area contributed by atoms with E-state index in [4.69, 9.17) is 4.74 Å². The Kier molecular flexibility index (Phi) is 8.99. The quantitative estimate of drug-likeness (QED) is 0.422. The molecule has 0 bridgehead atoms. The fraction of sp³-hybridized carbons (Fsp3) is 0.419. The van der Waals surface area contributed by atoms with E-state index >= 15 is 0 Å². The molecule has 2 aromatic carbocycles. The molecule has 7 heteroatoms. The number of carbonyl (C=O) groups is 1. The molecule has 38 heavy (non-hydrogen) atoms. The Morgan fingerprint density at radius 3 is 2.24 bits per heavy atom. The summed E-state index contributed by atoms with van der Waals surface area (Å²) in [4.78, 5) is 23.9. The molecule has 0 spiro atoms. The fourth-order valence-corrected chi connectivity index (χ4v) is 5.34. The van der Waals surface area contributed by atoms with E-state index in [1.165, 1.54) is 23.3 Å². The predicted molar refractivity (Wildman–Crippen MR) is 146 cm³/mol. The number of amides is 1. The van der Waals surface area contributed by atoms with E-state index < -0.39 is 0 Å². The highest BCUT2D eigenvalue weighted by Crippen LogP contribution is 2.21. The molecule has 2 saturated heterocycles. The molecule has 1 unspecified atom stereocenters. The number of hydrogen-bond acceptors (Lipinski definition) is 5. The van der Waals surface area contributed by atoms with Crippen LogP contribution in [0.15, 0.2) is 73.1 Å². The molecule has 0 saturated carbocycles. The first-order valence-corrected chi connectivity index (χ1v) is 13.7. The minimum Gasteiger partial charge on any atom is -0.493 e. The van der Waals surface area contributed by atoms with Crippen LogP contribution in [0.1, 0.15) is 29.5 Å². The number of piperazine rings is 1. The van der Waals surface area contributed by atoms with Gasteiger partial charge in [-0.1, -0.05) is 30.3 Å². The molecule has 2 aliphatic heterocycles. The third-order valence-electron chi connectivity index (χ3n) is 7.55. The van der Waals surface area contributed by atoms with Gasteiger partial charge in [0.1, 0.15) is 11.6 Å². The van der Waals surface area contributed by atoms with Crippen LogP contribution < -0.4 is 4.74 Å². The van der Waals surface area contributed by atoms with Gasteiger partial charge in [0.05, 0.1) is 13.0 Å². The van der Waals surface area contributed by atoms with Crippen LogP contribution in [0.5, 0.6) is 5.75 Å². The Morgan fingerprint density at radius 2 is 1.55 bits per heavy atom. The van der Waals surface area contributed by atoms with Crippen molar-refractivity contribution >= 4 is 5.91 Å². The van der Waals surface area contributed by atoms with Crippen molar-refractivity contribution in [1.29, 1.82) is 0 Å². The average molecular weight is 517 g/mol. The van der Waals surface area contributed by atoms with Gasteiger partial charge in [-0.25, -0.2) is 4.39 Å². The molecular formula is C31H37FN4O2. The Labute approximate surface area is 225 Å². The number of hydrogen-bond donors (Lipinski definition) is 0. The topological polar surface area (TPSA) is 48.9 Å². The molecule has 200 valence electrons. The van der Waals surface area contributed by atoms with Crippen molar-refractivity contribution in [2.24, 2.45) is 5.92 Å². The summed E-state index contributed by atoms with van der Waals surface area (Å²) >= 11 is 0. The number of halogens is 1. The van der Waals surface area contributed by atoms with Gasteiger partial charge in [0.25, 0.3) is 0 Å². The minimum atomic E-state index is -0.278. The maximum Gasteiger partial charge on any atom is 0.227 e. The lowest BCUT2D eigenvalue weighted by atomic mass is 9.98. The molecule has 3 aromatic rings. The van der Waals surface area contributed by atoms with Crippen LogP contribution >= 0.6 is 0 Å². The van der Waals surface area contributed by atoms with Crippen molar-refractivity contribution in [3.63, 3.8) is 0 Å². The van der Waals surface area contributed by atoms with Crippen molar-refractivity contribution < 1.29 is 13.9 Å². The van der Waals surface area contributed by atoms with Crippen molar-refractivity contribution in [3.8, 4) is 5.75 Å². The molecule has 1 atom stereocenters. The summed E-state index contributed by atoms with van der Waals surface area (Å²) < 4.78 is 19.3. The van der Waals surface area contributed by atoms with Crippen LogP contribution in [0.3, 0.4) is 0 Å². The Hall–Kier alpha value is -3.29. The second-order valence-corrected chi connectivity index (χ2v) is 10.5. The van der Waals surface area contributed by atoms with Gasteiger partial charge in [0.15, 0.2) is 0 Å². The maximum atomic E-state index is 13.1. The highest BCUT2D eigenvalue weighted by atomic mass is 19.1. The normalized spacial score (nSPS) is 18.9. The first-order chi connectivity index (χ1) is 18.6. The first kappa shape index (κ1) is 26.3. The van der Waals surface area contributed by atoms with Crippen LogP contribution in [0.25, 0.3) is 0 Å². The van der Waals surface area contributed by atoms with Crippen LogP contribution in [-0.2, 0) is 24.3 Å². The largest absolute Gasteiger partial charge is 0.493 e. The SMILES string of the molecule is O=C(Cc1ccc(F)cc1)N1CCCC(COc2ccc(CN3CCN(Cc4cccnc4)CC3)cc2)C1. The lowest BCUT2D eigenvalue weighted by Gasteiger charge is -2.34. The monoisotopic (exact) mass is 516 g/mol. The molecule has 0 aliphatic carbocycles. The Bertz CT molecular complexity index is 1150. The van der Waals surface area contributed by atoms with Gasteiger partial charge in [-0.05, 0) is 59.9 Å². The number of pyridine rings is 1. The Morgan fingerprint density at radius 1 is 0.868 bits per heavy atom. The number of likely N-dealkylation sites (tertiary alicyclic amines) is 1. The van der Waals surface area contributed by atoms with Gasteiger partial charge in [-0.3, -0.25) is 19.6 Å². The molecule has 0 N–H and O–H groups in total.